The summed E-state index contributed by atoms with van der Waals surface area (Å²) in [7, 11) is 0. The predicted molar refractivity (Wildman–Crippen MR) is 102 cm³/mol. The highest BCUT2D eigenvalue weighted by Gasteiger charge is 2.20. The lowest BCUT2D eigenvalue weighted by Gasteiger charge is -2.22. The van der Waals surface area contributed by atoms with Gasteiger partial charge in [-0.3, -0.25) is 9.59 Å². The molecule has 0 spiro atoms. The van der Waals surface area contributed by atoms with Gasteiger partial charge in [-0.25, -0.2) is 0 Å². The SMILES string of the molecule is CCCN(CC(=O)Nc1cc(Cl)ccc1Cl)C(=O)c1ccccc1C. The van der Waals surface area contributed by atoms with E-state index in [1.165, 1.54) is 4.90 Å². The predicted octanol–water partition coefficient (Wildman–Crippen LogP) is 4.79. The number of carbonyl (C=O) groups is 2. The average molecular weight is 379 g/mol. The van der Waals surface area contributed by atoms with Gasteiger partial charge in [0, 0.05) is 17.1 Å². The first-order chi connectivity index (χ1) is 11.9. The summed E-state index contributed by atoms with van der Waals surface area (Å²) in [5.74, 6) is -0.480. The van der Waals surface area contributed by atoms with E-state index >= 15 is 0 Å². The van der Waals surface area contributed by atoms with E-state index in [1.54, 1.807) is 24.3 Å². The second-order valence-corrected chi connectivity index (χ2v) is 6.56. The molecule has 4 nitrogen and oxygen atoms in total. The van der Waals surface area contributed by atoms with E-state index in [2.05, 4.69) is 5.32 Å². The standard InChI is InChI=1S/C19H20Cl2N2O2/c1-3-10-23(19(25)15-7-5-4-6-13(15)2)12-18(24)22-17-11-14(20)8-9-16(17)21/h4-9,11H,3,10,12H2,1-2H3,(H,22,24). The van der Waals surface area contributed by atoms with Crippen molar-refractivity contribution in [3.8, 4) is 0 Å². The van der Waals surface area contributed by atoms with Crippen LogP contribution in [0, 0.1) is 6.92 Å². The van der Waals surface area contributed by atoms with Gasteiger partial charge in [-0.15, -0.1) is 0 Å². The van der Waals surface area contributed by atoms with Crippen molar-refractivity contribution in [3.63, 3.8) is 0 Å². The minimum absolute atomic E-state index is 0.0517. The molecule has 0 bridgehead atoms. The Balaban J connectivity index is 2.13. The first-order valence-corrected chi connectivity index (χ1v) is 8.77. The van der Waals surface area contributed by atoms with Crippen molar-refractivity contribution in [2.75, 3.05) is 18.4 Å². The fourth-order valence-corrected chi connectivity index (χ4v) is 2.80. The topological polar surface area (TPSA) is 49.4 Å². The summed E-state index contributed by atoms with van der Waals surface area (Å²) >= 11 is 12.0. The van der Waals surface area contributed by atoms with E-state index in [0.717, 1.165) is 12.0 Å². The Morgan fingerprint density at radius 2 is 1.84 bits per heavy atom. The molecule has 0 saturated carbocycles. The maximum atomic E-state index is 12.8. The van der Waals surface area contributed by atoms with Crippen molar-refractivity contribution < 1.29 is 9.59 Å². The molecular formula is C19H20Cl2N2O2. The Bertz CT molecular complexity index is 778. The number of rotatable bonds is 6. The molecule has 0 aliphatic heterocycles. The molecule has 0 aliphatic rings. The molecule has 0 aromatic heterocycles. The third kappa shape index (κ3) is 5.21. The normalized spacial score (nSPS) is 10.4. The van der Waals surface area contributed by atoms with Crippen LogP contribution in [-0.2, 0) is 4.79 Å². The number of nitrogens with zero attached hydrogens (tertiary/aromatic N) is 1. The molecule has 0 fully saturated rings. The maximum absolute atomic E-state index is 12.8. The minimum Gasteiger partial charge on any atom is -0.329 e. The van der Waals surface area contributed by atoms with Gasteiger partial charge < -0.3 is 10.2 Å². The first kappa shape index (κ1) is 19.3. The van der Waals surface area contributed by atoms with Gasteiger partial charge in [-0.05, 0) is 43.2 Å². The number of benzene rings is 2. The Hall–Kier alpha value is -2.04. The third-order valence-corrected chi connectivity index (χ3v) is 4.26. The van der Waals surface area contributed by atoms with E-state index in [4.69, 9.17) is 23.2 Å². The molecule has 1 N–H and O–H groups in total. The number of hydrogen-bond acceptors (Lipinski definition) is 2. The van der Waals surface area contributed by atoms with E-state index in [0.29, 0.717) is 27.8 Å². The summed E-state index contributed by atoms with van der Waals surface area (Å²) in [5.41, 5.74) is 1.91. The summed E-state index contributed by atoms with van der Waals surface area (Å²) in [4.78, 5) is 26.7. The van der Waals surface area contributed by atoms with Crippen LogP contribution in [0.25, 0.3) is 0 Å². The van der Waals surface area contributed by atoms with Crippen LogP contribution in [0.15, 0.2) is 42.5 Å². The highest BCUT2D eigenvalue weighted by atomic mass is 35.5. The molecule has 2 aromatic rings. The molecule has 2 amide bonds. The van der Waals surface area contributed by atoms with Crippen LogP contribution >= 0.6 is 23.2 Å². The van der Waals surface area contributed by atoms with Crippen LogP contribution in [0.1, 0.15) is 29.3 Å². The third-order valence-electron chi connectivity index (χ3n) is 3.69. The second-order valence-electron chi connectivity index (χ2n) is 5.71. The first-order valence-electron chi connectivity index (χ1n) is 8.02. The van der Waals surface area contributed by atoms with Crippen LogP contribution in [0.5, 0.6) is 0 Å². The number of anilines is 1. The Kier molecular flexibility index (Phi) is 6.85. The molecule has 6 heteroatoms. The van der Waals surface area contributed by atoms with Crippen LogP contribution in [0.4, 0.5) is 5.69 Å². The van der Waals surface area contributed by atoms with Crippen LogP contribution in [-0.4, -0.2) is 29.8 Å². The zero-order valence-electron chi connectivity index (χ0n) is 14.2. The van der Waals surface area contributed by atoms with E-state index in [9.17, 15) is 9.59 Å². The van der Waals surface area contributed by atoms with Gasteiger partial charge in [0.25, 0.3) is 5.91 Å². The number of halogens is 2. The molecule has 132 valence electrons. The molecule has 25 heavy (non-hydrogen) atoms. The lowest BCUT2D eigenvalue weighted by Crippen LogP contribution is -2.38. The van der Waals surface area contributed by atoms with Gasteiger partial charge in [-0.2, -0.15) is 0 Å². The van der Waals surface area contributed by atoms with Crippen molar-refractivity contribution in [3.05, 3.63) is 63.6 Å². The molecule has 2 aromatic carbocycles. The van der Waals surface area contributed by atoms with E-state index in [-0.39, 0.29) is 18.4 Å². The van der Waals surface area contributed by atoms with Gasteiger partial charge >= 0.3 is 0 Å². The highest BCUT2D eigenvalue weighted by Crippen LogP contribution is 2.25. The fraction of sp³-hybridized carbons (Fsp3) is 0.263. The number of hydrogen-bond donors (Lipinski definition) is 1. The van der Waals surface area contributed by atoms with E-state index < -0.39 is 0 Å². The maximum Gasteiger partial charge on any atom is 0.254 e. The summed E-state index contributed by atoms with van der Waals surface area (Å²) in [6, 6.07) is 12.2. The van der Waals surface area contributed by atoms with Crippen LogP contribution in [0.3, 0.4) is 0 Å². The fourth-order valence-electron chi connectivity index (χ4n) is 2.46. The largest absolute Gasteiger partial charge is 0.329 e. The van der Waals surface area contributed by atoms with Crippen LogP contribution < -0.4 is 5.32 Å². The average Bonchev–Trinajstić information content (AvgIpc) is 2.57. The molecular weight excluding hydrogens is 359 g/mol. The monoisotopic (exact) mass is 378 g/mol. The molecule has 0 heterocycles. The number of nitrogens with one attached hydrogen (secondary N) is 1. The lowest BCUT2D eigenvalue weighted by atomic mass is 10.1. The van der Waals surface area contributed by atoms with Crippen LogP contribution in [0.2, 0.25) is 10.0 Å². The smallest absolute Gasteiger partial charge is 0.254 e. The van der Waals surface area contributed by atoms with Crippen molar-refractivity contribution in [2.24, 2.45) is 0 Å². The Morgan fingerprint density at radius 1 is 1.12 bits per heavy atom. The number of aryl methyl sites for hydroxylation is 1. The molecule has 0 saturated heterocycles. The summed E-state index contributed by atoms with van der Waals surface area (Å²) in [5, 5.41) is 3.58. The molecule has 2 rings (SSSR count). The Morgan fingerprint density at radius 3 is 2.52 bits per heavy atom. The van der Waals surface area contributed by atoms with Crippen molar-refractivity contribution in [1.82, 2.24) is 4.90 Å². The van der Waals surface area contributed by atoms with E-state index in [1.807, 2.05) is 32.0 Å². The van der Waals surface area contributed by atoms with Gasteiger partial charge in [0.05, 0.1) is 10.7 Å². The quantitative estimate of drug-likeness (QED) is 0.784. The van der Waals surface area contributed by atoms with Crippen molar-refractivity contribution in [1.29, 1.82) is 0 Å². The van der Waals surface area contributed by atoms with Crippen molar-refractivity contribution in [2.45, 2.75) is 20.3 Å². The minimum atomic E-state index is -0.320. The van der Waals surface area contributed by atoms with Crippen molar-refractivity contribution >= 4 is 40.7 Å². The van der Waals surface area contributed by atoms with Gasteiger partial charge in [0.2, 0.25) is 5.91 Å². The lowest BCUT2D eigenvalue weighted by molar-refractivity contribution is -0.116. The molecule has 0 radical (unpaired) electrons. The summed E-state index contributed by atoms with van der Waals surface area (Å²) in [6.45, 7) is 4.28. The zero-order chi connectivity index (χ0) is 18.4. The number of amides is 2. The van der Waals surface area contributed by atoms with Gasteiger partial charge in [-0.1, -0.05) is 48.3 Å². The zero-order valence-corrected chi connectivity index (χ0v) is 15.7. The van der Waals surface area contributed by atoms with Gasteiger partial charge in [0.1, 0.15) is 6.54 Å². The second kappa shape index (κ2) is 8.88. The molecule has 0 unspecified atom stereocenters. The Labute approximate surface area is 157 Å². The summed E-state index contributed by atoms with van der Waals surface area (Å²) < 4.78 is 0. The number of carbonyl (C=O) groups excluding carboxylic acids is 2. The highest BCUT2D eigenvalue weighted by molar-refractivity contribution is 6.35. The summed E-state index contributed by atoms with van der Waals surface area (Å²) in [6.07, 6.45) is 0.753. The van der Waals surface area contributed by atoms with Gasteiger partial charge in [0.15, 0.2) is 0 Å². The molecule has 0 atom stereocenters. The molecule has 0 aliphatic carbocycles.